The molecule has 2 aliphatic heterocycles. The predicted octanol–water partition coefficient (Wildman–Crippen LogP) is 3.52. The fourth-order valence-corrected chi connectivity index (χ4v) is 5.22. The van der Waals surface area contributed by atoms with Crippen molar-refractivity contribution in [2.75, 3.05) is 13.2 Å². The topological polar surface area (TPSA) is 55.8 Å². The molecule has 4 rings (SSSR count). The number of rotatable bonds is 4. The molecular formula is C21H26O4. The van der Waals surface area contributed by atoms with E-state index in [0.717, 1.165) is 23.1 Å². The van der Waals surface area contributed by atoms with E-state index in [-0.39, 0.29) is 41.5 Å². The predicted molar refractivity (Wildman–Crippen MR) is 95.4 cm³/mol. The Morgan fingerprint density at radius 2 is 1.88 bits per heavy atom. The second kappa shape index (κ2) is 5.96. The molecule has 134 valence electrons. The van der Waals surface area contributed by atoms with Crippen LogP contribution < -0.4 is 0 Å². The van der Waals surface area contributed by atoms with Crippen molar-refractivity contribution in [2.45, 2.75) is 46.3 Å². The van der Waals surface area contributed by atoms with Gasteiger partial charge in [0.15, 0.2) is 5.78 Å². The quantitative estimate of drug-likeness (QED) is 0.910. The lowest BCUT2D eigenvalue weighted by Crippen LogP contribution is -2.36. The first kappa shape index (κ1) is 16.8. The highest BCUT2D eigenvalue weighted by Crippen LogP contribution is 2.55. The van der Waals surface area contributed by atoms with E-state index in [1.165, 1.54) is 5.56 Å². The van der Waals surface area contributed by atoms with Crippen LogP contribution in [0.2, 0.25) is 0 Å². The van der Waals surface area contributed by atoms with Crippen molar-refractivity contribution in [2.24, 2.45) is 17.8 Å². The summed E-state index contributed by atoms with van der Waals surface area (Å²) in [4.78, 5) is 13.2. The van der Waals surface area contributed by atoms with Gasteiger partial charge in [0.25, 0.3) is 0 Å². The Labute approximate surface area is 148 Å². The van der Waals surface area contributed by atoms with Crippen LogP contribution in [0.3, 0.4) is 0 Å². The molecule has 2 bridgehead atoms. The van der Waals surface area contributed by atoms with Crippen molar-refractivity contribution in [1.82, 2.24) is 0 Å². The number of aliphatic hydroxyl groups excluding tert-OH is 1. The first-order valence-corrected chi connectivity index (χ1v) is 9.22. The van der Waals surface area contributed by atoms with Crippen LogP contribution in [-0.4, -0.2) is 36.3 Å². The van der Waals surface area contributed by atoms with Gasteiger partial charge in [-0.05, 0) is 50.8 Å². The standard InChI is InChI=1S/C21H26O4/c1-5-24-9-13-8-14-16-18(21(13)25-14)20(23)17(19(16)22)15-11(3)6-10(2)7-12(15)4/h6-7,13-14,16,18,21,23H,5,8-9H2,1-4H3/t13?,14?,16-,18+,21?/m0/s1. The molecule has 1 N–H and O–H groups in total. The van der Waals surface area contributed by atoms with Crippen LogP contribution in [-0.2, 0) is 14.3 Å². The molecule has 4 heteroatoms. The fraction of sp³-hybridized carbons (Fsp3) is 0.571. The summed E-state index contributed by atoms with van der Waals surface area (Å²) in [6.07, 6.45) is 0.664. The Morgan fingerprint density at radius 1 is 1.20 bits per heavy atom. The number of ketones is 1. The van der Waals surface area contributed by atoms with Crippen LogP contribution >= 0.6 is 0 Å². The van der Waals surface area contributed by atoms with Crippen molar-refractivity contribution >= 4 is 11.4 Å². The highest BCUT2D eigenvalue weighted by molar-refractivity contribution is 6.26. The lowest BCUT2D eigenvalue weighted by atomic mass is 9.75. The number of aryl methyl sites for hydroxylation is 3. The molecule has 3 unspecified atom stereocenters. The summed E-state index contributed by atoms with van der Waals surface area (Å²) < 4.78 is 11.6. The third-order valence-corrected chi connectivity index (χ3v) is 6.06. The highest BCUT2D eigenvalue weighted by Gasteiger charge is 2.62. The van der Waals surface area contributed by atoms with Crippen LogP contribution in [0.5, 0.6) is 0 Å². The maximum Gasteiger partial charge on any atom is 0.173 e. The van der Waals surface area contributed by atoms with Crippen LogP contribution in [0.1, 0.15) is 35.6 Å². The van der Waals surface area contributed by atoms with Gasteiger partial charge in [0.1, 0.15) is 5.76 Å². The number of aliphatic hydroxyl groups is 1. The molecule has 4 nitrogen and oxygen atoms in total. The largest absolute Gasteiger partial charge is 0.511 e. The van der Waals surface area contributed by atoms with Gasteiger partial charge in [0, 0.05) is 12.5 Å². The lowest BCUT2D eigenvalue weighted by molar-refractivity contribution is -0.118. The number of ether oxygens (including phenoxy) is 2. The number of benzene rings is 1. The number of allylic oxidation sites excluding steroid dienone is 1. The SMILES string of the molecule is CCOCC1CC2OC1[C@H]1C(O)=C(c3c(C)cc(C)cc3C)C(=O)[C@@H]21. The lowest BCUT2D eigenvalue weighted by Gasteiger charge is -2.27. The summed E-state index contributed by atoms with van der Waals surface area (Å²) in [6, 6.07) is 4.15. The highest BCUT2D eigenvalue weighted by atomic mass is 16.5. The van der Waals surface area contributed by atoms with E-state index in [2.05, 4.69) is 19.1 Å². The van der Waals surface area contributed by atoms with Crippen LogP contribution in [0.25, 0.3) is 5.57 Å². The molecule has 0 radical (unpaired) electrons. The van der Waals surface area contributed by atoms with E-state index in [1.807, 2.05) is 20.8 Å². The van der Waals surface area contributed by atoms with Crippen LogP contribution in [0.4, 0.5) is 0 Å². The van der Waals surface area contributed by atoms with Gasteiger partial charge < -0.3 is 14.6 Å². The number of Topliss-reactive ketones (excluding diaryl/α,β-unsaturated/α-hetero) is 1. The number of carbonyl (C=O) groups is 1. The average molecular weight is 342 g/mol. The molecule has 0 saturated carbocycles. The van der Waals surface area contributed by atoms with Crippen molar-refractivity contribution in [3.8, 4) is 0 Å². The Kier molecular flexibility index (Phi) is 4.00. The third-order valence-electron chi connectivity index (χ3n) is 6.06. The molecular weight excluding hydrogens is 316 g/mol. The minimum Gasteiger partial charge on any atom is -0.511 e. The van der Waals surface area contributed by atoms with Crippen LogP contribution in [0.15, 0.2) is 17.9 Å². The summed E-state index contributed by atoms with van der Waals surface area (Å²) in [5.41, 5.74) is 4.70. The molecule has 2 saturated heterocycles. The maximum absolute atomic E-state index is 13.2. The Hall–Kier alpha value is -1.65. The maximum atomic E-state index is 13.2. The van der Waals surface area contributed by atoms with Crippen molar-refractivity contribution in [3.63, 3.8) is 0 Å². The molecule has 0 aromatic heterocycles. The van der Waals surface area contributed by atoms with Gasteiger partial charge in [0.2, 0.25) is 0 Å². The zero-order chi connectivity index (χ0) is 17.9. The molecule has 2 fully saturated rings. The van der Waals surface area contributed by atoms with Crippen molar-refractivity contribution < 1.29 is 19.4 Å². The molecule has 2 heterocycles. The molecule has 3 aliphatic rings. The van der Waals surface area contributed by atoms with E-state index in [4.69, 9.17) is 9.47 Å². The molecule has 1 aromatic rings. The van der Waals surface area contributed by atoms with Crippen molar-refractivity contribution in [3.05, 3.63) is 40.1 Å². The monoisotopic (exact) mass is 342 g/mol. The number of hydrogen-bond donors (Lipinski definition) is 1. The smallest absolute Gasteiger partial charge is 0.173 e. The van der Waals surface area contributed by atoms with Gasteiger partial charge >= 0.3 is 0 Å². The van der Waals surface area contributed by atoms with Gasteiger partial charge in [-0.1, -0.05) is 17.7 Å². The molecule has 1 aliphatic carbocycles. The number of carbonyl (C=O) groups excluding carboxylic acids is 1. The van der Waals surface area contributed by atoms with E-state index in [1.54, 1.807) is 0 Å². The van der Waals surface area contributed by atoms with Gasteiger partial charge in [-0.25, -0.2) is 0 Å². The summed E-state index contributed by atoms with van der Waals surface area (Å²) in [5.74, 6) is 0.129. The Morgan fingerprint density at radius 3 is 2.52 bits per heavy atom. The summed E-state index contributed by atoms with van der Waals surface area (Å²) >= 11 is 0. The van der Waals surface area contributed by atoms with E-state index >= 15 is 0 Å². The van der Waals surface area contributed by atoms with Gasteiger partial charge in [0.05, 0.1) is 36.2 Å². The fourth-order valence-electron chi connectivity index (χ4n) is 5.22. The minimum absolute atomic E-state index is 0.0555. The zero-order valence-corrected chi connectivity index (χ0v) is 15.3. The molecule has 25 heavy (non-hydrogen) atoms. The molecule has 1 aromatic carbocycles. The van der Waals surface area contributed by atoms with Gasteiger partial charge in [-0.3, -0.25) is 4.79 Å². The normalized spacial score (nSPS) is 33.4. The van der Waals surface area contributed by atoms with Crippen molar-refractivity contribution in [1.29, 1.82) is 0 Å². The summed E-state index contributed by atoms with van der Waals surface area (Å²) in [5, 5.41) is 11.0. The Balaban J connectivity index is 1.73. The number of hydrogen-bond acceptors (Lipinski definition) is 4. The second-order valence-electron chi connectivity index (χ2n) is 7.74. The minimum atomic E-state index is -0.224. The van der Waals surface area contributed by atoms with E-state index in [0.29, 0.717) is 18.8 Å². The van der Waals surface area contributed by atoms with Crippen LogP contribution in [0, 0.1) is 38.5 Å². The molecule has 0 spiro atoms. The molecule has 0 amide bonds. The average Bonchev–Trinajstić information content (AvgIpc) is 3.18. The first-order valence-electron chi connectivity index (χ1n) is 9.22. The second-order valence-corrected chi connectivity index (χ2v) is 7.74. The molecule has 5 atom stereocenters. The Bertz CT molecular complexity index is 740. The first-order chi connectivity index (χ1) is 11.9. The van der Waals surface area contributed by atoms with Gasteiger partial charge in [-0.15, -0.1) is 0 Å². The summed E-state index contributed by atoms with van der Waals surface area (Å²) in [7, 11) is 0. The van der Waals surface area contributed by atoms with E-state index in [9.17, 15) is 9.90 Å². The number of fused-ring (bicyclic) bond motifs is 5. The summed E-state index contributed by atoms with van der Waals surface area (Å²) in [6.45, 7) is 9.38. The zero-order valence-electron chi connectivity index (χ0n) is 15.3. The van der Waals surface area contributed by atoms with E-state index < -0.39 is 0 Å². The van der Waals surface area contributed by atoms with Gasteiger partial charge in [-0.2, -0.15) is 0 Å². The third kappa shape index (κ3) is 2.38.